The Morgan fingerprint density at radius 3 is 2.44 bits per heavy atom. The number of carboxylic acids is 1. The van der Waals surface area contributed by atoms with E-state index in [9.17, 15) is 4.79 Å². The molecule has 1 aromatic heterocycles. The van der Waals surface area contributed by atoms with Crippen molar-refractivity contribution < 1.29 is 9.90 Å². The van der Waals surface area contributed by atoms with Crippen molar-refractivity contribution in [3.63, 3.8) is 0 Å². The van der Waals surface area contributed by atoms with Crippen molar-refractivity contribution in [2.45, 2.75) is 13.8 Å². The van der Waals surface area contributed by atoms with Crippen LogP contribution in [0.3, 0.4) is 0 Å². The van der Waals surface area contributed by atoms with E-state index < -0.39 is 5.97 Å². The summed E-state index contributed by atoms with van der Waals surface area (Å²) in [5.74, 6) is -0.286. The molecule has 0 fully saturated rings. The van der Waals surface area contributed by atoms with Crippen LogP contribution in [0.1, 0.15) is 23.5 Å². The molecule has 0 atom stereocenters. The lowest BCUT2D eigenvalue weighted by Gasteiger charge is -2.26. The van der Waals surface area contributed by atoms with Crippen LogP contribution in [0.15, 0.2) is 12.1 Å². The van der Waals surface area contributed by atoms with Crippen molar-refractivity contribution in [1.29, 1.82) is 0 Å². The largest absolute Gasteiger partial charge is 0.477 e. The van der Waals surface area contributed by atoms with Crippen LogP contribution in [-0.2, 0) is 0 Å². The monoisotopic (exact) mass is 270 g/mol. The summed E-state index contributed by atoms with van der Waals surface area (Å²) in [4.78, 5) is 15.7. The molecule has 0 aliphatic carbocycles. The highest BCUT2D eigenvalue weighted by Crippen LogP contribution is 2.26. The van der Waals surface area contributed by atoms with Crippen molar-refractivity contribution in [1.82, 2.24) is 4.90 Å². The van der Waals surface area contributed by atoms with Gasteiger partial charge in [0.2, 0.25) is 0 Å². The molecule has 0 amide bonds. The fourth-order valence-electron chi connectivity index (χ4n) is 1.67. The zero-order valence-corrected chi connectivity index (χ0v) is 12.3. The molecule has 102 valence electrons. The van der Waals surface area contributed by atoms with Gasteiger partial charge in [0, 0.05) is 19.6 Å². The van der Waals surface area contributed by atoms with Gasteiger partial charge in [0.25, 0.3) is 0 Å². The summed E-state index contributed by atoms with van der Waals surface area (Å²) in [6.07, 6.45) is 0. The Morgan fingerprint density at radius 2 is 2.00 bits per heavy atom. The summed E-state index contributed by atoms with van der Waals surface area (Å²) in [6.45, 7) is 7.19. The standard InChI is InChI=1S/C13H22N2O2S/c1-10(2)9-15(8-7-14(3)4)12-6-5-11(18-12)13(16)17/h5-6,10H,7-9H2,1-4H3,(H,16,17). The van der Waals surface area contributed by atoms with Crippen LogP contribution in [-0.4, -0.2) is 49.7 Å². The van der Waals surface area contributed by atoms with Crippen molar-refractivity contribution in [3.05, 3.63) is 17.0 Å². The maximum Gasteiger partial charge on any atom is 0.345 e. The van der Waals surface area contributed by atoms with E-state index >= 15 is 0 Å². The number of thiophene rings is 1. The Morgan fingerprint density at radius 1 is 1.33 bits per heavy atom. The minimum Gasteiger partial charge on any atom is -0.477 e. The Bertz CT molecular complexity index is 388. The second kappa shape index (κ2) is 6.75. The van der Waals surface area contributed by atoms with Gasteiger partial charge in [-0.15, -0.1) is 11.3 Å². The van der Waals surface area contributed by atoms with E-state index in [1.807, 2.05) is 20.2 Å². The number of carboxylic acid groups (broad SMARTS) is 1. The summed E-state index contributed by atoms with van der Waals surface area (Å²) in [5.41, 5.74) is 0. The SMILES string of the molecule is CC(C)CN(CCN(C)C)c1ccc(C(=O)O)s1. The molecule has 0 saturated heterocycles. The van der Waals surface area contributed by atoms with E-state index in [1.54, 1.807) is 6.07 Å². The molecule has 18 heavy (non-hydrogen) atoms. The van der Waals surface area contributed by atoms with Gasteiger partial charge in [-0.05, 0) is 32.1 Å². The van der Waals surface area contributed by atoms with Gasteiger partial charge in [-0.1, -0.05) is 13.8 Å². The number of hydrogen-bond donors (Lipinski definition) is 1. The van der Waals surface area contributed by atoms with E-state index in [0.29, 0.717) is 10.8 Å². The van der Waals surface area contributed by atoms with E-state index in [1.165, 1.54) is 11.3 Å². The maximum atomic E-state index is 10.9. The second-order valence-corrected chi connectivity index (χ2v) is 6.15. The molecule has 4 nitrogen and oxygen atoms in total. The predicted molar refractivity (Wildman–Crippen MR) is 76.9 cm³/mol. The topological polar surface area (TPSA) is 43.8 Å². The molecule has 0 unspecified atom stereocenters. The highest BCUT2D eigenvalue weighted by Gasteiger charge is 2.14. The van der Waals surface area contributed by atoms with E-state index in [4.69, 9.17) is 5.11 Å². The van der Waals surface area contributed by atoms with Crippen molar-refractivity contribution >= 4 is 22.3 Å². The molecule has 1 N–H and O–H groups in total. The van der Waals surface area contributed by atoms with Crippen molar-refractivity contribution in [2.24, 2.45) is 5.92 Å². The molecular weight excluding hydrogens is 248 g/mol. The third-order valence-corrected chi connectivity index (χ3v) is 3.65. The lowest BCUT2D eigenvalue weighted by atomic mass is 10.2. The molecule has 5 heteroatoms. The lowest BCUT2D eigenvalue weighted by Crippen LogP contribution is -2.33. The number of anilines is 1. The number of rotatable bonds is 7. The minimum atomic E-state index is -0.844. The quantitative estimate of drug-likeness (QED) is 0.826. The van der Waals surface area contributed by atoms with Crippen LogP contribution in [0.25, 0.3) is 0 Å². The maximum absolute atomic E-state index is 10.9. The molecule has 1 rings (SSSR count). The average Bonchev–Trinajstić information content (AvgIpc) is 2.72. The molecule has 0 radical (unpaired) electrons. The first kappa shape index (κ1) is 15.0. The first-order valence-corrected chi connectivity index (χ1v) is 6.94. The van der Waals surface area contributed by atoms with E-state index in [-0.39, 0.29) is 0 Å². The van der Waals surface area contributed by atoms with Gasteiger partial charge in [-0.2, -0.15) is 0 Å². The molecule has 0 bridgehead atoms. The number of carbonyl (C=O) groups is 1. The summed E-state index contributed by atoms with van der Waals surface area (Å²) in [6, 6.07) is 3.59. The zero-order chi connectivity index (χ0) is 13.7. The van der Waals surface area contributed by atoms with Gasteiger partial charge in [-0.25, -0.2) is 4.79 Å². The second-order valence-electron chi connectivity index (χ2n) is 5.09. The lowest BCUT2D eigenvalue weighted by molar-refractivity contribution is 0.0702. The molecule has 0 aliphatic rings. The number of likely N-dealkylation sites (N-methyl/N-ethyl adjacent to an activating group) is 1. The molecule has 1 heterocycles. The fraction of sp³-hybridized carbons (Fsp3) is 0.615. The Kier molecular flexibility index (Phi) is 5.62. The van der Waals surface area contributed by atoms with Crippen LogP contribution in [0.5, 0.6) is 0 Å². The average molecular weight is 270 g/mol. The van der Waals surface area contributed by atoms with Crippen LogP contribution in [0.4, 0.5) is 5.00 Å². The van der Waals surface area contributed by atoms with Crippen molar-refractivity contribution in [3.8, 4) is 0 Å². The van der Waals surface area contributed by atoms with Crippen LogP contribution in [0, 0.1) is 5.92 Å². The summed E-state index contributed by atoms with van der Waals surface area (Å²) < 4.78 is 0. The van der Waals surface area contributed by atoms with E-state index in [2.05, 4.69) is 23.6 Å². The first-order valence-electron chi connectivity index (χ1n) is 6.13. The van der Waals surface area contributed by atoms with Gasteiger partial charge in [0.1, 0.15) is 4.88 Å². The first-order chi connectivity index (χ1) is 8.40. The normalized spacial score (nSPS) is 11.2. The fourth-order valence-corrected chi connectivity index (χ4v) is 2.55. The Hall–Kier alpha value is -1.07. The zero-order valence-electron chi connectivity index (χ0n) is 11.5. The molecule has 0 spiro atoms. The van der Waals surface area contributed by atoms with Gasteiger partial charge >= 0.3 is 5.97 Å². The number of nitrogens with zero attached hydrogens (tertiary/aromatic N) is 2. The van der Waals surface area contributed by atoms with Gasteiger partial charge in [0.15, 0.2) is 0 Å². The minimum absolute atomic E-state index is 0.406. The van der Waals surface area contributed by atoms with Gasteiger partial charge in [-0.3, -0.25) is 0 Å². The smallest absolute Gasteiger partial charge is 0.345 e. The summed E-state index contributed by atoms with van der Waals surface area (Å²) in [5, 5.41) is 10.0. The third kappa shape index (κ3) is 4.66. The molecule has 0 aliphatic heterocycles. The number of aromatic carboxylic acids is 1. The van der Waals surface area contributed by atoms with Crippen LogP contribution >= 0.6 is 11.3 Å². The molecule has 0 saturated carbocycles. The molecule has 0 aromatic carbocycles. The Balaban J connectivity index is 2.76. The summed E-state index contributed by atoms with van der Waals surface area (Å²) in [7, 11) is 4.09. The summed E-state index contributed by atoms with van der Waals surface area (Å²) >= 11 is 1.35. The Labute approximate surface area is 113 Å². The van der Waals surface area contributed by atoms with Crippen molar-refractivity contribution in [2.75, 3.05) is 38.6 Å². The number of hydrogen-bond acceptors (Lipinski definition) is 4. The predicted octanol–water partition coefficient (Wildman–Crippen LogP) is 2.47. The van der Waals surface area contributed by atoms with Gasteiger partial charge < -0.3 is 14.9 Å². The van der Waals surface area contributed by atoms with Gasteiger partial charge in [0.05, 0.1) is 5.00 Å². The molecular formula is C13H22N2O2S. The highest BCUT2D eigenvalue weighted by atomic mass is 32.1. The molecule has 1 aromatic rings. The van der Waals surface area contributed by atoms with Crippen LogP contribution < -0.4 is 4.90 Å². The van der Waals surface area contributed by atoms with Crippen LogP contribution in [0.2, 0.25) is 0 Å². The third-order valence-electron chi connectivity index (χ3n) is 2.52. The van der Waals surface area contributed by atoms with E-state index in [0.717, 1.165) is 24.6 Å². The highest BCUT2D eigenvalue weighted by molar-refractivity contribution is 7.17.